The van der Waals surface area contributed by atoms with Crippen molar-refractivity contribution in [3.8, 4) is 11.5 Å². The molecule has 1 fully saturated rings. The molecule has 2 aromatic carbocycles. The number of hydrogen-bond donors (Lipinski definition) is 1. The molecule has 2 aliphatic heterocycles. The number of hydrogen-bond acceptors (Lipinski definition) is 8. The van der Waals surface area contributed by atoms with Crippen molar-refractivity contribution in [3.05, 3.63) is 69.7 Å². The van der Waals surface area contributed by atoms with Crippen LogP contribution >= 0.6 is 11.3 Å². The molecule has 1 saturated heterocycles. The van der Waals surface area contributed by atoms with E-state index in [9.17, 15) is 14.7 Å². The number of carbonyl (C=O) groups excluding carboxylic acids is 2. The molecule has 1 N–H and O–H groups in total. The number of carbonyl (C=O) groups is 2. The van der Waals surface area contributed by atoms with Crippen molar-refractivity contribution in [1.29, 1.82) is 0 Å². The highest BCUT2D eigenvalue weighted by atomic mass is 32.1. The van der Waals surface area contributed by atoms with Crippen LogP contribution in [-0.2, 0) is 16.0 Å². The van der Waals surface area contributed by atoms with Gasteiger partial charge in [-0.05, 0) is 55.3 Å². The van der Waals surface area contributed by atoms with E-state index in [0.29, 0.717) is 33.4 Å². The monoisotopic (exact) mass is 463 g/mol. The van der Waals surface area contributed by atoms with Crippen LogP contribution in [0, 0.1) is 6.92 Å². The molecule has 0 radical (unpaired) electrons. The summed E-state index contributed by atoms with van der Waals surface area (Å²) < 4.78 is 11.0. The SMILES string of the molecule is COc1ccc(C2C(=C(O)c3ccc4c(c3)CC(C)O4)C(=O)C(=O)N2c2nnc(C)s2)cc1. The highest BCUT2D eigenvalue weighted by Crippen LogP contribution is 2.43. The number of ether oxygens (including phenoxy) is 2. The molecule has 5 rings (SSSR count). The molecule has 168 valence electrons. The summed E-state index contributed by atoms with van der Waals surface area (Å²) in [5.74, 6) is -0.371. The number of fused-ring (bicyclic) bond motifs is 1. The minimum atomic E-state index is -0.855. The topological polar surface area (TPSA) is 102 Å². The van der Waals surface area contributed by atoms with Crippen LogP contribution in [0.15, 0.2) is 48.0 Å². The molecule has 0 aliphatic carbocycles. The van der Waals surface area contributed by atoms with E-state index in [1.807, 2.05) is 13.0 Å². The molecule has 9 heteroatoms. The van der Waals surface area contributed by atoms with Gasteiger partial charge in [0.1, 0.15) is 28.4 Å². The molecule has 1 amide bonds. The molecular formula is C24H21N3O5S. The first-order valence-corrected chi connectivity index (χ1v) is 11.2. The molecule has 2 unspecified atom stereocenters. The summed E-state index contributed by atoms with van der Waals surface area (Å²) in [6, 6.07) is 11.4. The van der Waals surface area contributed by atoms with Crippen LogP contribution < -0.4 is 14.4 Å². The number of aliphatic hydroxyl groups excluding tert-OH is 1. The maximum absolute atomic E-state index is 13.2. The number of Topliss-reactive ketones (excluding diaryl/α,β-unsaturated/α-hetero) is 1. The Morgan fingerprint density at radius 3 is 2.61 bits per heavy atom. The summed E-state index contributed by atoms with van der Waals surface area (Å²) in [6.07, 6.45) is 0.749. The Morgan fingerprint density at radius 1 is 1.18 bits per heavy atom. The Bertz CT molecular complexity index is 1300. The molecule has 0 spiro atoms. The van der Waals surface area contributed by atoms with Crippen LogP contribution in [0.25, 0.3) is 5.76 Å². The third-order valence-corrected chi connectivity index (χ3v) is 6.60. The Morgan fingerprint density at radius 2 is 1.94 bits per heavy atom. The van der Waals surface area contributed by atoms with E-state index >= 15 is 0 Å². The summed E-state index contributed by atoms with van der Waals surface area (Å²) in [5, 5.41) is 20.3. The quantitative estimate of drug-likeness (QED) is 0.357. The van der Waals surface area contributed by atoms with Gasteiger partial charge in [0.15, 0.2) is 0 Å². The maximum Gasteiger partial charge on any atom is 0.301 e. The number of aromatic nitrogens is 2. The van der Waals surface area contributed by atoms with Gasteiger partial charge < -0.3 is 14.6 Å². The van der Waals surface area contributed by atoms with Crippen molar-refractivity contribution in [1.82, 2.24) is 10.2 Å². The van der Waals surface area contributed by atoms with Crippen molar-refractivity contribution in [3.63, 3.8) is 0 Å². The summed E-state index contributed by atoms with van der Waals surface area (Å²) in [6.45, 7) is 3.74. The second-order valence-electron chi connectivity index (χ2n) is 8.00. The lowest BCUT2D eigenvalue weighted by atomic mass is 9.94. The lowest BCUT2D eigenvalue weighted by Gasteiger charge is -2.22. The Balaban J connectivity index is 1.67. The number of methoxy groups -OCH3 is 1. The fraction of sp³-hybridized carbons (Fsp3) is 0.250. The Labute approximate surface area is 194 Å². The van der Waals surface area contributed by atoms with Crippen LogP contribution in [0.3, 0.4) is 0 Å². The van der Waals surface area contributed by atoms with Gasteiger partial charge in [0.05, 0.1) is 18.7 Å². The molecule has 3 heterocycles. The fourth-order valence-corrected chi connectivity index (χ4v) is 4.95. The van der Waals surface area contributed by atoms with E-state index in [1.165, 1.54) is 16.2 Å². The second kappa shape index (κ2) is 8.00. The van der Waals surface area contributed by atoms with Crippen molar-refractivity contribution in [2.45, 2.75) is 32.4 Å². The van der Waals surface area contributed by atoms with Crippen LogP contribution in [0.1, 0.15) is 34.7 Å². The zero-order valence-corrected chi connectivity index (χ0v) is 19.0. The molecular weight excluding hydrogens is 442 g/mol. The van der Waals surface area contributed by atoms with Gasteiger partial charge in [-0.3, -0.25) is 14.5 Å². The summed E-state index contributed by atoms with van der Waals surface area (Å²) >= 11 is 1.21. The van der Waals surface area contributed by atoms with Crippen molar-refractivity contribution in [2.75, 3.05) is 12.0 Å². The predicted octanol–water partition coefficient (Wildman–Crippen LogP) is 3.80. The van der Waals surface area contributed by atoms with E-state index in [1.54, 1.807) is 50.4 Å². The third-order valence-electron chi connectivity index (χ3n) is 5.77. The van der Waals surface area contributed by atoms with Gasteiger partial charge >= 0.3 is 5.91 Å². The zero-order valence-electron chi connectivity index (χ0n) is 18.2. The average molecular weight is 464 g/mol. The van der Waals surface area contributed by atoms with Crippen molar-refractivity contribution in [2.24, 2.45) is 0 Å². The maximum atomic E-state index is 13.2. The van der Waals surface area contributed by atoms with Crippen molar-refractivity contribution < 1.29 is 24.2 Å². The molecule has 0 saturated carbocycles. The van der Waals surface area contributed by atoms with E-state index in [2.05, 4.69) is 10.2 Å². The van der Waals surface area contributed by atoms with Gasteiger partial charge in [0.25, 0.3) is 5.78 Å². The number of amides is 1. The molecule has 1 aromatic heterocycles. The largest absolute Gasteiger partial charge is 0.507 e. The Hall–Kier alpha value is -3.72. The van der Waals surface area contributed by atoms with Crippen LogP contribution in [0.5, 0.6) is 11.5 Å². The van der Waals surface area contributed by atoms with Gasteiger partial charge in [-0.1, -0.05) is 23.5 Å². The fourth-order valence-electron chi connectivity index (χ4n) is 4.24. The summed E-state index contributed by atoms with van der Waals surface area (Å²) in [5.41, 5.74) is 2.05. The van der Waals surface area contributed by atoms with Gasteiger partial charge in [0, 0.05) is 12.0 Å². The average Bonchev–Trinajstić information content (AvgIpc) is 3.48. The van der Waals surface area contributed by atoms with Gasteiger partial charge in [-0.25, -0.2) is 0 Å². The first-order chi connectivity index (χ1) is 15.9. The predicted molar refractivity (Wildman–Crippen MR) is 123 cm³/mol. The second-order valence-corrected chi connectivity index (χ2v) is 9.16. The normalized spacial score (nSPS) is 21.2. The number of aliphatic hydroxyl groups is 1. The summed E-state index contributed by atoms with van der Waals surface area (Å²) in [7, 11) is 1.56. The highest BCUT2D eigenvalue weighted by Gasteiger charge is 2.48. The number of benzene rings is 2. The van der Waals surface area contributed by atoms with Gasteiger partial charge in [0.2, 0.25) is 5.13 Å². The van der Waals surface area contributed by atoms with Crippen LogP contribution in [0.2, 0.25) is 0 Å². The Kier molecular flexibility index (Phi) is 5.13. The minimum absolute atomic E-state index is 0.00457. The molecule has 2 atom stereocenters. The van der Waals surface area contributed by atoms with Crippen LogP contribution in [-0.4, -0.2) is 40.2 Å². The van der Waals surface area contributed by atoms with Crippen LogP contribution in [0.4, 0.5) is 5.13 Å². The number of aryl methyl sites for hydroxylation is 1. The number of nitrogens with zero attached hydrogens (tertiary/aromatic N) is 3. The zero-order chi connectivity index (χ0) is 23.3. The first kappa shape index (κ1) is 21.1. The van der Waals surface area contributed by atoms with Crippen molar-refractivity contribution >= 4 is 33.9 Å². The lowest BCUT2D eigenvalue weighted by molar-refractivity contribution is -0.132. The van der Waals surface area contributed by atoms with Gasteiger partial charge in [-0.15, -0.1) is 10.2 Å². The van der Waals surface area contributed by atoms with Gasteiger partial charge in [-0.2, -0.15) is 0 Å². The summed E-state index contributed by atoms with van der Waals surface area (Å²) in [4.78, 5) is 27.6. The number of rotatable bonds is 4. The molecule has 33 heavy (non-hydrogen) atoms. The molecule has 2 aliphatic rings. The van der Waals surface area contributed by atoms with E-state index in [0.717, 1.165) is 11.3 Å². The smallest absolute Gasteiger partial charge is 0.301 e. The van der Waals surface area contributed by atoms with E-state index in [4.69, 9.17) is 9.47 Å². The lowest BCUT2D eigenvalue weighted by Crippen LogP contribution is -2.29. The minimum Gasteiger partial charge on any atom is -0.507 e. The van der Waals surface area contributed by atoms with E-state index in [-0.39, 0.29) is 17.4 Å². The number of ketones is 1. The number of anilines is 1. The third kappa shape index (κ3) is 3.54. The standard InChI is InChI=1S/C24H21N3O5S/c1-12-10-16-11-15(6-9-18(16)32-12)21(28)19-20(14-4-7-17(31-3)8-5-14)27(23(30)22(19)29)24-26-25-13(2)33-24/h4-9,11-12,20,28H,10H2,1-3H3. The molecule has 3 aromatic rings. The first-order valence-electron chi connectivity index (χ1n) is 10.4. The molecule has 8 nitrogen and oxygen atoms in total. The highest BCUT2D eigenvalue weighted by molar-refractivity contribution is 7.15. The van der Waals surface area contributed by atoms with E-state index < -0.39 is 17.7 Å². The molecule has 0 bridgehead atoms.